The van der Waals surface area contributed by atoms with Crippen molar-refractivity contribution in [2.75, 3.05) is 35.7 Å². The Hall–Kier alpha value is -3.19. The van der Waals surface area contributed by atoms with Crippen molar-refractivity contribution in [3.63, 3.8) is 0 Å². The van der Waals surface area contributed by atoms with E-state index in [0.717, 1.165) is 11.3 Å². The lowest BCUT2D eigenvalue weighted by Crippen LogP contribution is -2.45. The molecule has 2 aromatic rings. The molecule has 0 saturated carbocycles. The molecule has 29 heavy (non-hydrogen) atoms. The van der Waals surface area contributed by atoms with Crippen molar-refractivity contribution in [3.05, 3.63) is 54.1 Å². The second kappa shape index (κ2) is 8.87. The highest BCUT2D eigenvalue weighted by molar-refractivity contribution is 6.05. The molecular formula is C22H26N4O3. The average Bonchev–Trinajstić information content (AvgIpc) is 2.77. The molecule has 0 bridgehead atoms. The van der Waals surface area contributed by atoms with E-state index in [1.165, 1.54) is 0 Å². The molecule has 1 aliphatic heterocycles. The van der Waals surface area contributed by atoms with E-state index >= 15 is 0 Å². The highest BCUT2D eigenvalue weighted by Crippen LogP contribution is 2.31. The highest BCUT2D eigenvalue weighted by Gasteiger charge is 2.30. The van der Waals surface area contributed by atoms with Crippen LogP contribution >= 0.6 is 0 Å². The van der Waals surface area contributed by atoms with E-state index < -0.39 is 0 Å². The molecule has 2 aromatic carbocycles. The normalized spacial score (nSPS) is 16.1. The van der Waals surface area contributed by atoms with Crippen LogP contribution in [0.4, 0.5) is 17.1 Å². The number of nitrogens with zero attached hydrogens (tertiary/aromatic N) is 2. The Morgan fingerprint density at radius 3 is 2.55 bits per heavy atom. The van der Waals surface area contributed by atoms with Gasteiger partial charge in [-0.2, -0.15) is 0 Å². The van der Waals surface area contributed by atoms with Gasteiger partial charge in [0.25, 0.3) is 0 Å². The van der Waals surface area contributed by atoms with Crippen molar-refractivity contribution in [2.24, 2.45) is 0 Å². The Kier molecular flexibility index (Phi) is 6.29. The summed E-state index contributed by atoms with van der Waals surface area (Å²) in [6.07, 6.45) is 0.220. The molecule has 2 N–H and O–H groups in total. The average molecular weight is 394 g/mol. The van der Waals surface area contributed by atoms with Gasteiger partial charge in [0.1, 0.15) is 0 Å². The third kappa shape index (κ3) is 5.20. The van der Waals surface area contributed by atoms with Crippen LogP contribution in [0.1, 0.15) is 18.9 Å². The number of rotatable bonds is 5. The Morgan fingerprint density at radius 2 is 1.83 bits per heavy atom. The van der Waals surface area contributed by atoms with Crippen LogP contribution in [-0.4, -0.2) is 48.8 Å². The van der Waals surface area contributed by atoms with E-state index in [1.54, 1.807) is 22.9 Å². The number of anilines is 3. The van der Waals surface area contributed by atoms with Gasteiger partial charge in [0, 0.05) is 18.2 Å². The molecule has 1 unspecified atom stereocenters. The lowest BCUT2D eigenvalue weighted by atomic mass is 10.1. The molecule has 1 atom stereocenters. The molecule has 7 nitrogen and oxygen atoms in total. The van der Waals surface area contributed by atoms with E-state index in [2.05, 4.69) is 10.6 Å². The first kappa shape index (κ1) is 20.5. The minimum Gasteiger partial charge on any atom is -0.325 e. The zero-order valence-corrected chi connectivity index (χ0v) is 16.9. The molecule has 0 fully saturated rings. The van der Waals surface area contributed by atoms with Crippen LogP contribution in [-0.2, 0) is 14.4 Å². The molecule has 0 aromatic heterocycles. The summed E-state index contributed by atoms with van der Waals surface area (Å²) in [5.41, 5.74) is 3.13. The number of para-hydroxylation sites is 2. The number of carbonyl (C=O) groups excluding carboxylic acids is 3. The summed E-state index contributed by atoms with van der Waals surface area (Å²) >= 11 is 0. The Bertz CT molecular complexity index is 911. The summed E-state index contributed by atoms with van der Waals surface area (Å²) in [6.45, 7) is 3.98. The van der Waals surface area contributed by atoms with Gasteiger partial charge in [-0.05, 0) is 45.2 Å². The molecule has 3 amide bonds. The SMILES string of the molecule is Cc1ccc(NC(=O)CN(C)CC(=O)N2c3ccccc3NC(=O)CC2C)cc1. The molecule has 0 aliphatic carbocycles. The van der Waals surface area contributed by atoms with Gasteiger partial charge in [-0.25, -0.2) is 0 Å². The van der Waals surface area contributed by atoms with E-state index in [9.17, 15) is 14.4 Å². The maximum Gasteiger partial charge on any atom is 0.241 e. The topological polar surface area (TPSA) is 81.8 Å². The highest BCUT2D eigenvalue weighted by atomic mass is 16.2. The fourth-order valence-electron chi connectivity index (χ4n) is 3.41. The first-order valence-corrected chi connectivity index (χ1v) is 9.59. The summed E-state index contributed by atoms with van der Waals surface area (Å²) in [5.74, 6) is -0.469. The Labute approximate surface area is 170 Å². The number of likely N-dealkylation sites (N-methyl/N-ethyl adjacent to an activating group) is 1. The van der Waals surface area contributed by atoms with Crippen molar-refractivity contribution in [1.82, 2.24) is 4.90 Å². The number of hydrogen-bond donors (Lipinski definition) is 2. The van der Waals surface area contributed by atoms with Crippen LogP contribution in [0.5, 0.6) is 0 Å². The van der Waals surface area contributed by atoms with E-state index in [0.29, 0.717) is 11.4 Å². The van der Waals surface area contributed by atoms with E-state index in [4.69, 9.17) is 0 Å². The zero-order chi connectivity index (χ0) is 21.0. The molecule has 3 rings (SSSR count). The quantitative estimate of drug-likeness (QED) is 0.817. The number of carbonyl (C=O) groups is 3. The number of aryl methyl sites for hydroxylation is 1. The van der Waals surface area contributed by atoms with Gasteiger partial charge >= 0.3 is 0 Å². The number of fused-ring (bicyclic) bond motifs is 1. The summed E-state index contributed by atoms with van der Waals surface area (Å²) < 4.78 is 0. The van der Waals surface area contributed by atoms with Crippen molar-refractivity contribution < 1.29 is 14.4 Å². The van der Waals surface area contributed by atoms with Crippen LogP contribution in [0.2, 0.25) is 0 Å². The number of hydrogen-bond acceptors (Lipinski definition) is 4. The maximum absolute atomic E-state index is 13.0. The van der Waals surface area contributed by atoms with Gasteiger partial charge in [-0.1, -0.05) is 29.8 Å². The van der Waals surface area contributed by atoms with Crippen LogP contribution < -0.4 is 15.5 Å². The molecule has 0 spiro atoms. The molecule has 7 heteroatoms. The maximum atomic E-state index is 13.0. The third-order valence-corrected chi connectivity index (χ3v) is 4.78. The van der Waals surface area contributed by atoms with Crippen LogP contribution in [0.25, 0.3) is 0 Å². The first-order chi connectivity index (χ1) is 13.8. The summed E-state index contributed by atoms with van der Waals surface area (Å²) in [6, 6.07) is 14.5. The second-order valence-electron chi connectivity index (χ2n) is 7.47. The summed E-state index contributed by atoms with van der Waals surface area (Å²) in [5, 5.41) is 5.68. The van der Waals surface area contributed by atoms with Crippen LogP contribution in [0, 0.1) is 6.92 Å². The van der Waals surface area contributed by atoms with E-state index in [1.807, 2.05) is 56.3 Å². The number of nitrogens with one attached hydrogen (secondary N) is 2. The predicted octanol–water partition coefficient (Wildman–Crippen LogP) is 2.63. The lowest BCUT2D eigenvalue weighted by Gasteiger charge is -2.29. The minimum atomic E-state index is -0.277. The van der Waals surface area contributed by atoms with Gasteiger partial charge in [0.05, 0.1) is 24.5 Å². The van der Waals surface area contributed by atoms with Crippen LogP contribution in [0.15, 0.2) is 48.5 Å². The van der Waals surface area contributed by atoms with Crippen LogP contribution in [0.3, 0.4) is 0 Å². The Morgan fingerprint density at radius 1 is 1.14 bits per heavy atom. The number of benzene rings is 2. The molecule has 1 aliphatic rings. The predicted molar refractivity (Wildman–Crippen MR) is 114 cm³/mol. The molecule has 0 radical (unpaired) electrons. The zero-order valence-electron chi connectivity index (χ0n) is 16.9. The second-order valence-corrected chi connectivity index (χ2v) is 7.47. The van der Waals surface area contributed by atoms with Crippen molar-refractivity contribution in [1.29, 1.82) is 0 Å². The first-order valence-electron chi connectivity index (χ1n) is 9.59. The number of amides is 3. The van der Waals surface area contributed by atoms with Gasteiger partial charge in [0.15, 0.2) is 0 Å². The summed E-state index contributed by atoms with van der Waals surface area (Å²) in [7, 11) is 1.73. The Balaban J connectivity index is 1.64. The standard InChI is InChI=1S/C22H26N4O3/c1-15-8-10-17(11-9-15)23-21(28)13-25(3)14-22(29)26-16(2)12-20(27)24-18-6-4-5-7-19(18)26/h4-11,16H,12-14H2,1-3H3,(H,23,28)(H,24,27). The fraction of sp³-hybridized carbons (Fsp3) is 0.318. The third-order valence-electron chi connectivity index (χ3n) is 4.78. The van der Waals surface area contributed by atoms with Crippen molar-refractivity contribution in [2.45, 2.75) is 26.3 Å². The fourth-order valence-corrected chi connectivity index (χ4v) is 3.41. The lowest BCUT2D eigenvalue weighted by molar-refractivity contribution is -0.121. The monoisotopic (exact) mass is 394 g/mol. The molecule has 0 saturated heterocycles. The minimum absolute atomic E-state index is 0.0637. The van der Waals surface area contributed by atoms with E-state index in [-0.39, 0.29) is 43.3 Å². The van der Waals surface area contributed by atoms with Gasteiger partial charge in [-0.3, -0.25) is 19.3 Å². The largest absolute Gasteiger partial charge is 0.325 e. The molecular weight excluding hydrogens is 368 g/mol. The van der Waals surface area contributed by atoms with Gasteiger partial charge in [-0.15, -0.1) is 0 Å². The van der Waals surface area contributed by atoms with Gasteiger partial charge in [0.2, 0.25) is 17.7 Å². The van der Waals surface area contributed by atoms with Gasteiger partial charge < -0.3 is 15.5 Å². The molecule has 152 valence electrons. The van der Waals surface area contributed by atoms with Crippen molar-refractivity contribution >= 4 is 34.8 Å². The summed E-state index contributed by atoms with van der Waals surface area (Å²) in [4.78, 5) is 40.7. The smallest absolute Gasteiger partial charge is 0.241 e. The van der Waals surface area contributed by atoms with Crippen molar-refractivity contribution in [3.8, 4) is 0 Å². The molecule has 1 heterocycles.